The number of methoxy groups -OCH3 is 1. The lowest BCUT2D eigenvalue weighted by molar-refractivity contribution is -0.123. The molecular weight excluding hydrogens is 392 g/mol. The molecule has 7 nitrogen and oxygen atoms in total. The highest BCUT2D eigenvalue weighted by Gasteiger charge is 2.22. The number of hydrogen-bond acceptors (Lipinski definition) is 7. The average molecular weight is 409 g/mol. The van der Waals surface area contributed by atoms with Crippen LogP contribution in [0, 0.1) is 11.3 Å². The lowest BCUT2D eigenvalue weighted by atomic mass is 10.2. The molecule has 1 atom stereocenters. The van der Waals surface area contributed by atoms with Crippen molar-refractivity contribution in [3.63, 3.8) is 0 Å². The monoisotopic (exact) mass is 408 g/mol. The smallest absolute Gasteiger partial charge is 0.339 e. The van der Waals surface area contributed by atoms with Gasteiger partial charge in [-0.15, -0.1) is 11.3 Å². The fourth-order valence-electron chi connectivity index (χ4n) is 2.11. The number of nitriles is 1. The minimum Gasteiger partial charge on any atom is -0.493 e. The second-order valence-electron chi connectivity index (χ2n) is 5.23. The van der Waals surface area contributed by atoms with Crippen LogP contribution in [-0.2, 0) is 9.53 Å². The molecule has 0 spiro atoms. The summed E-state index contributed by atoms with van der Waals surface area (Å²) < 4.78 is 15.8. The average Bonchev–Trinajstić information content (AvgIpc) is 3.10. The number of halogens is 1. The lowest BCUT2D eigenvalue weighted by Crippen LogP contribution is -2.30. The Morgan fingerprint density at radius 2 is 2.15 bits per heavy atom. The molecule has 0 fully saturated rings. The fraction of sp³-hybridized carbons (Fsp3) is 0.278. The molecule has 0 aliphatic rings. The van der Waals surface area contributed by atoms with Gasteiger partial charge in [-0.1, -0.05) is 11.6 Å². The number of nitrogens with one attached hydrogen (secondary N) is 1. The highest BCUT2D eigenvalue weighted by molar-refractivity contribution is 7.14. The molecule has 0 radical (unpaired) electrons. The Morgan fingerprint density at radius 1 is 1.41 bits per heavy atom. The normalized spacial score (nSPS) is 11.2. The summed E-state index contributed by atoms with van der Waals surface area (Å²) in [4.78, 5) is 24.6. The zero-order valence-electron chi connectivity index (χ0n) is 14.9. The summed E-state index contributed by atoms with van der Waals surface area (Å²) in [5.74, 6) is -0.685. The van der Waals surface area contributed by atoms with Crippen molar-refractivity contribution in [2.75, 3.05) is 19.0 Å². The van der Waals surface area contributed by atoms with Crippen molar-refractivity contribution in [2.24, 2.45) is 0 Å². The molecule has 9 heteroatoms. The van der Waals surface area contributed by atoms with Gasteiger partial charge in [-0.2, -0.15) is 5.26 Å². The molecule has 1 aromatic carbocycles. The van der Waals surface area contributed by atoms with Crippen molar-refractivity contribution < 1.29 is 23.8 Å². The standard InChI is InChI=1S/C18H17ClN2O5S/c1-4-25-15-13(19)7-12(8-14(15)24-3)18(23)26-10(2)16(22)21-17-11(9-20)5-6-27-17/h5-8,10H,4H2,1-3H3,(H,21,22)/t10-/m1/s1. The van der Waals surface area contributed by atoms with Crippen molar-refractivity contribution in [2.45, 2.75) is 20.0 Å². The highest BCUT2D eigenvalue weighted by Crippen LogP contribution is 2.36. The number of carbonyl (C=O) groups excluding carboxylic acids is 2. The first-order valence-electron chi connectivity index (χ1n) is 7.91. The summed E-state index contributed by atoms with van der Waals surface area (Å²) in [7, 11) is 1.42. The number of hydrogen-bond donors (Lipinski definition) is 1. The van der Waals surface area contributed by atoms with Gasteiger partial charge in [0.2, 0.25) is 0 Å². The number of anilines is 1. The van der Waals surface area contributed by atoms with Crippen molar-refractivity contribution in [1.29, 1.82) is 5.26 Å². The number of carbonyl (C=O) groups is 2. The number of nitrogens with zero attached hydrogens (tertiary/aromatic N) is 1. The van der Waals surface area contributed by atoms with Gasteiger partial charge < -0.3 is 19.5 Å². The number of benzene rings is 1. The van der Waals surface area contributed by atoms with E-state index in [0.29, 0.717) is 22.9 Å². The van der Waals surface area contributed by atoms with Crippen LogP contribution in [0.3, 0.4) is 0 Å². The number of rotatable bonds is 7. The van der Waals surface area contributed by atoms with E-state index in [1.165, 1.54) is 37.5 Å². The Morgan fingerprint density at radius 3 is 2.78 bits per heavy atom. The minimum absolute atomic E-state index is 0.119. The first-order valence-corrected chi connectivity index (χ1v) is 9.16. The molecule has 1 N–H and O–H groups in total. The molecule has 0 bridgehead atoms. The summed E-state index contributed by atoms with van der Waals surface area (Å²) in [6.07, 6.45) is -1.08. The van der Waals surface area contributed by atoms with E-state index in [0.717, 1.165) is 0 Å². The predicted octanol–water partition coefficient (Wildman–Crippen LogP) is 3.86. The molecule has 2 rings (SSSR count). The van der Waals surface area contributed by atoms with Crippen LogP contribution < -0.4 is 14.8 Å². The van der Waals surface area contributed by atoms with Crippen LogP contribution in [0.1, 0.15) is 29.8 Å². The molecule has 0 aliphatic heterocycles. The van der Waals surface area contributed by atoms with Crippen molar-refractivity contribution >= 4 is 39.8 Å². The third-order valence-electron chi connectivity index (χ3n) is 3.43. The van der Waals surface area contributed by atoms with E-state index in [2.05, 4.69) is 5.32 Å². The molecule has 2 aromatic rings. The van der Waals surface area contributed by atoms with Gasteiger partial charge >= 0.3 is 5.97 Å². The first-order chi connectivity index (χ1) is 12.9. The van der Waals surface area contributed by atoms with Crippen LogP contribution in [0.4, 0.5) is 5.00 Å². The quantitative estimate of drug-likeness (QED) is 0.698. The number of thiophene rings is 1. The van der Waals surface area contributed by atoms with E-state index in [1.807, 2.05) is 6.07 Å². The van der Waals surface area contributed by atoms with Gasteiger partial charge in [-0.3, -0.25) is 4.79 Å². The van der Waals surface area contributed by atoms with Crippen LogP contribution in [0.2, 0.25) is 5.02 Å². The van der Waals surface area contributed by atoms with E-state index >= 15 is 0 Å². The Balaban J connectivity index is 2.11. The van der Waals surface area contributed by atoms with Gasteiger partial charge in [0, 0.05) is 0 Å². The largest absolute Gasteiger partial charge is 0.493 e. The zero-order valence-corrected chi connectivity index (χ0v) is 16.4. The molecule has 1 aromatic heterocycles. The van der Waals surface area contributed by atoms with Crippen LogP contribution in [-0.4, -0.2) is 31.7 Å². The van der Waals surface area contributed by atoms with Crippen molar-refractivity contribution in [3.8, 4) is 17.6 Å². The Labute approximate surface area is 165 Å². The summed E-state index contributed by atoms with van der Waals surface area (Å²) in [6.45, 7) is 3.61. The minimum atomic E-state index is -1.08. The SMILES string of the molecule is CCOc1c(Cl)cc(C(=O)O[C@H](C)C(=O)Nc2sccc2C#N)cc1OC. The zero-order chi connectivity index (χ0) is 20.0. The van der Waals surface area contributed by atoms with Gasteiger partial charge in [0.1, 0.15) is 11.1 Å². The van der Waals surface area contributed by atoms with Gasteiger partial charge in [0.25, 0.3) is 5.91 Å². The second kappa shape index (κ2) is 9.26. The van der Waals surface area contributed by atoms with Crippen molar-refractivity contribution in [1.82, 2.24) is 0 Å². The summed E-state index contributed by atoms with van der Waals surface area (Å²) >= 11 is 7.35. The number of esters is 1. The Bertz CT molecular complexity index is 890. The molecule has 0 unspecified atom stereocenters. The van der Waals surface area contributed by atoms with E-state index in [-0.39, 0.29) is 16.3 Å². The van der Waals surface area contributed by atoms with E-state index in [9.17, 15) is 9.59 Å². The van der Waals surface area contributed by atoms with Gasteiger partial charge in [-0.05, 0) is 37.4 Å². The second-order valence-corrected chi connectivity index (χ2v) is 6.56. The topological polar surface area (TPSA) is 97.6 Å². The van der Waals surface area contributed by atoms with E-state index in [4.69, 9.17) is 31.1 Å². The van der Waals surface area contributed by atoms with E-state index in [1.54, 1.807) is 18.4 Å². The molecular formula is C18H17ClN2O5S. The fourth-order valence-corrected chi connectivity index (χ4v) is 3.12. The molecule has 0 saturated heterocycles. The summed E-state index contributed by atoms with van der Waals surface area (Å²) in [6, 6.07) is 6.37. The maximum Gasteiger partial charge on any atom is 0.339 e. The molecule has 142 valence electrons. The first kappa shape index (κ1) is 20.6. The maximum atomic E-state index is 12.4. The molecule has 1 heterocycles. The molecule has 27 heavy (non-hydrogen) atoms. The predicted molar refractivity (Wildman–Crippen MR) is 102 cm³/mol. The lowest BCUT2D eigenvalue weighted by Gasteiger charge is -2.15. The van der Waals surface area contributed by atoms with Gasteiger partial charge in [-0.25, -0.2) is 4.79 Å². The third kappa shape index (κ3) is 4.90. The highest BCUT2D eigenvalue weighted by atomic mass is 35.5. The van der Waals surface area contributed by atoms with Gasteiger partial charge in [0.05, 0.1) is 29.9 Å². The van der Waals surface area contributed by atoms with Crippen molar-refractivity contribution in [3.05, 3.63) is 39.7 Å². The summed E-state index contributed by atoms with van der Waals surface area (Å²) in [5, 5.41) is 13.8. The molecule has 0 saturated carbocycles. The number of ether oxygens (including phenoxy) is 3. The third-order valence-corrected chi connectivity index (χ3v) is 4.54. The van der Waals surface area contributed by atoms with Crippen LogP contribution >= 0.6 is 22.9 Å². The molecule has 1 amide bonds. The number of amides is 1. The van der Waals surface area contributed by atoms with Gasteiger partial charge in [0.15, 0.2) is 17.6 Å². The summed E-state index contributed by atoms with van der Waals surface area (Å²) in [5.41, 5.74) is 0.462. The van der Waals surface area contributed by atoms with Crippen LogP contribution in [0.5, 0.6) is 11.5 Å². The maximum absolute atomic E-state index is 12.4. The Kier molecular flexibility index (Phi) is 7.05. The molecule has 0 aliphatic carbocycles. The Hall–Kier alpha value is -2.76. The van der Waals surface area contributed by atoms with E-state index < -0.39 is 18.0 Å². The van der Waals surface area contributed by atoms with Crippen LogP contribution in [0.15, 0.2) is 23.6 Å². The van der Waals surface area contributed by atoms with Crippen LogP contribution in [0.25, 0.3) is 0 Å².